The maximum absolute atomic E-state index is 11.9. The van der Waals surface area contributed by atoms with Crippen molar-refractivity contribution >= 4 is 11.6 Å². The van der Waals surface area contributed by atoms with Gasteiger partial charge in [-0.15, -0.1) is 0 Å². The van der Waals surface area contributed by atoms with Gasteiger partial charge in [0.1, 0.15) is 0 Å². The van der Waals surface area contributed by atoms with Crippen LogP contribution < -0.4 is 11.1 Å². The molecule has 0 radical (unpaired) electrons. The van der Waals surface area contributed by atoms with Gasteiger partial charge in [-0.05, 0) is 37.4 Å². The minimum atomic E-state index is 0.0269. The second kappa shape index (κ2) is 5.98. The van der Waals surface area contributed by atoms with Gasteiger partial charge in [0.25, 0.3) is 0 Å². The Kier molecular flexibility index (Phi) is 4.33. The minimum absolute atomic E-state index is 0.0269. The van der Waals surface area contributed by atoms with Crippen LogP contribution in [-0.4, -0.2) is 30.9 Å². The van der Waals surface area contributed by atoms with Crippen molar-refractivity contribution < 1.29 is 4.79 Å². The lowest BCUT2D eigenvalue weighted by Gasteiger charge is -2.16. The van der Waals surface area contributed by atoms with Crippen LogP contribution in [0.1, 0.15) is 18.4 Å². The standard InChI is InChI=1S/C14H21N3O/c1-17(9-11-6-7-11)10-14(18)16-13-5-3-2-4-12(13)8-15/h2-5,11H,6-10,15H2,1H3,(H,16,18). The molecule has 4 heteroatoms. The van der Waals surface area contributed by atoms with Crippen LogP contribution in [0.25, 0.3) is 0 Å². The molecular formula is C14H21N3O. The van der Waals surface area contributed by atoms with Crippen molar-refractivity contribution in [2.75, 3.05) is 25.5 Å². The zero-order valence-corrected chi connectivity index (χ0v) is 10.9. The molecule has 0 saturated heterocycles. The van der Waals surface area contributed by atoms with Crippen molar-refractivity contribution in [2.45, 2.75) is 19.4 Å². The molecule has 1 aromatic carbocycles. The number of anilines is 1. The fourth-order valence-electron chi connectivity index (χ4n) is 2.06. The molecule has 1 amide bonds. The van der Waals surface area contributed by atoms with Gasteiger partial charge in [0.05, 0.1) is 6.54 Å². The predicted molar refractivity (Wildman–Crippen MR) is 73.2 cm³/mol. The molecule has 3 N–H and O–H groups in total. The molecule has 2 rings (SSSR count). The van der Waals surface area contributed by atoms with Crippen molar-refractivity contribution in [1.82, 2.24) is 4.90 Å². The Morgan fingerprint density at radius 2 is 2.17 bits per heavy atom. The highest BCUT2D eigenvalue weighted by Crippen LogP contribution is 2.29. The van der Waals surface area contributed by atoms with Gasteiger partial charge in [0, 0.05) is 18.8 Å². The Morgan fingerprint density at radius 3 is 2.83 bits per heavy atom. The summed E-state index contributed by atoms with van der Waals surface area (Å²) in [5.41, 5.74) is 7.43. The molecule has 1 saturated carbocycles. The molecule has 1 aliphatic carbocycles. The lowest BCUT2D eigenvalue weighted by atomic mass is 10.2. The first-order valence-corrected chi connectivity index (χ1v) is 6.45. The molecule has 0 aliphatic heterocycles. The van der Waals surface area contributed by atoms with Gasteiger partial charge in [-0.25, -0.2) is 0 Å². The molecular weight excluding hydrogens is 226 g/mol. The Bertz CT molecular complexity index is 415. The summed E-state index contributed by atoms with van der Waals surface area (Å²) in [7, 11) is 1.99. The van der Waals surface area contributed by atoms with Gasteiger partial charge in [0.15, 0.2) is 0 Å². The first kappa shape index (κ1) is 13.1. The van der Waals surface area contributed by atoms with Crippen molar-refractivity contribution in [3.05, 3.63) is 29.8 Å². The summed E-state index contributed by atoms with van der Waals surface area (Å²) in [5, 5.41) is 2.93. The highest BCUT2D eigenvalue weighted by atomic mass is 16.2. The lowest BCUT2D eigenvalue weighted by molar-refractivity contribution is -0.117. The van der Waals surface area contributed by atoms with Gasteiger partial charge in [-0.3, -0.25) is 9.69 Å². The van der Waals surface area contributed by atoms with E-state index in [0.717, 1.165) is 23.7 Å². The van der Waals surface area contributed by atoms with Crippen molar-refractivity contribution in [2.24, 2.45) is 11.7 Å². The molecule has 0 unspecified atom stereocenters. The average Bonchev–Trinajstić information content (AvgIpc) is 3.13. The Hall–Kier alpha value is -1.39. The zero-order chi connectivity index (χ0) is 13.0. The number of nitrogens with one attached hydrogen (secondary N) is 1. The third-order valence-corrected chi connectivity index (χ3v) is 3.19. The first-order chi connectivity index (χ1) is 8.69. The molecule has 0 spiro atoms. The third kappa shape index (κ3) is 3.82. The summed E-state index contributed by atoms with van der Waals surface area (Å²) in [5.74, 6) is 0.832. The monoisotopic (exact) mass is 247 g/mol. The molecule has 0 atom stereocenters. The molecule has 0 aromatic heterocycles. The van der Waals surface area contributed by atoms with E-state index in [1.54, 1.807) is 0 Å². The predicted octanol–water partition coefficient (Wildman–Crippen LogP) is 1.43. The number of para-hydroxylation sites is 1. The highest BCUT2D eigenvalue weighted by molar-refractivity contribution is 5.92. The van der Waals surface area contributed by atoms with Gasteiger partial charge < -0.3 is 11.1 Å². The first-order valence-electron chi connectivity index (χ1n) is 6.45. The number of carbonyl (C=O) groups is 1. The molecule has 0 bridgehead atoms. The summed E-state index contributed by atoms with van der Waals surface area (Å²) in [6.45, 7) is 1.90. The number of amides is 1. The molecule has 1 aromatic rings. The molecule has 98 valence electrons. The van der Waals surface area contributed by atoms with Crippen LogP contribution >= 0.6 is 0 Å². The number of likely N-dealkylation sites (N-methyl/N-ethyl adjacent to an activating group) is 1. The van der Waals surface area contributed by atoms with Crippen LogP contribution in [-0.2, 0) is 11.3 Å². The average molecular weight is 247 g/mol. The summed E-state index contributed by atoms with van der Waals surface area (Å²) in [6.07, 6.45) is 2.62. The lowest BCUT2D eigenvalue weighted by Crippen LogP contribution is -2.31. The Balaban J connectivity index is 1.85. The van der Waals surface area contributed by atoms with Crippen LogP contribution in [0.4, 0.5) is 5.69 Å². The number of carbonyl (C=O) groups excluding carboxylic acids is 1. The highest BCUT2D eigenvalue weighted by Gasteiger charge is 2.23. The van der Waals surface area contributed by atoms with E-state index in [1.165, 1.54) is 12.8 Å². The molecule has 1 aliphatic rings. The second-order valence-corrected chi connectivity index (χ2v) is 5.05. The molecule has 4 nitrogen and oxygen atoms in total. The van der Waals surface area contributed by atoms with Crippen LogP contribution in [0.2, 0.25) is 0 Å². The maximum atomic E-state index is 11.9. The maximum Gasteiger partial charge on any atom is 0.238 e. The van der Waals surface area contributed by atoms with Crippen LogP contribution in [0.5, 0.6) is 0 Å². The quantitative estimate of drug-likeness (QED) is 0.799. The van der Waals surface area contributed by atoms with E-state index < -0.39 is 0 Å². The van der Waals surface area contributed by atoms with Crippen LogP contribution in [0, 0.1) is 5.92 Å². The summed E-state index contributed by atoms with van der Waals surface area (Å²) >= 11 is 0. The number of nitrogens with zero attached hydrogens (tertiary/aromatic N) is 1. The normalized spacial score (nSPS) is 14.8. The zero-order valence-electron chi connectivity index (χ0n) is 10.9. The molecule has 18 heavy (non-hydrogen) atoms. The SMILES string of the molecule is CN(CC(=O)Nc1ccccc1CN)CC1CC1. The van der Waals surface area contributed by atoms with E-state index >= 15 is 0 Å². The number of nitrogens with two attached hydrogens (primary N) is 1. The van der Waals surface area contributed by atoms with E-state index in [-0.39, 0.29) is 5.91 Å². The Morgan fingerprint density at radius 1 is 1.44 bits per heavy atom. The van der Waals surface area contributed by atoms with E-state index in [2.05, 4.69) is 10.2 Å². The van der Waals surface area contributed by atoms with Crippen LogP contribution in [0.3, 0.4) is 0 Å². The Labute approximate surface area is 108 Å². The fraction of sp³-hybridized carbons (Fsp3) is 0.500. The third-order valence-electron chi connectivity index (χ3n) is 3.19. The van der Waals surface area contributed by atoms with Gasteiger partial charge >= 0.3 is 0 Å². The van der Waals surface area contributed by atoms with Crippen LogP contribution in [0.15, 0.2) is 24.3 Å². The largest absolute Gasteiger partial charge is 0.326 e. The van der Waals surface area contributed by atoms with Crippen molar-refractivity contribution in [3.63, 3.8) is 0 Å². The smallest absolute Gasteiger partial charge is 0.238 e. The van der Waals surface area contributed by atoms with E-state index in [4.69, 9.17) is 5.73 Å². The van der Waals surface area contributed by atoms with Gasteiger partial charge in [-0.1, -0.05) is 18.2 Å². The number of benzene rings is 1. The van der Waals surface area contributed by atoms with E-state index in [0.29, 0.717) is 13.1 Å². The van der Waals surface area contributed by atoms with E-state index in [9.17, 15) is 4.79 Å². The van der Waals surface area contributed by atoms with Crippen molar-refractivity contribution in [3.8, 4) is 0 Å². The summed E-state index contributed by atoms with van der Waals surface area (Å²) in [4.78, 5) is 14.0. The molecule has 1 fully saturated rings. The summed E-state index contributed by atoms with van der Waals surface area (Å²) in [6, 6.07) is 7.66. The van der Waals surface area contributed by atoms with Crippen molar-refractivity contribution in [1.29, 1.82) is 0 Å². The summed E-state index contributed by atoms with van der Waals surface area (Å²) < 4.78 is 0. The second-order valence-electron chi connectivity index (χ2n) is 5.05. The van der Waals surface area contributed by atoms with E-state index in [1.807, 2.05) is 31.3 Å². The molecule has 0 heterocycles. The minimum Gasteiger partial charge on any atom is -0.326 e. The fourth-order valence-corrected chi connectivity index (χ4v) is 2.06. The number of hydrogen-bond donors (Lipinski definition) is 2. The topological polar surface area (TPSA) is 58.4 Å². The van der Waals surface area contributed by atoms with Gasteiger partial charge in [0.2, 0.25) is 5.91 Å². The van der Waals surface area contributed by atoms with Gasteiger partial charge in [-0.2, -0.15) is 0 Å². The number of rotatable bonds is 6. The number of hydrogen-bond acceptors (Lipinski definition) is 3.